The van der Waals surface area contributed by atoms with Crippen molar-refractivity contribution in [3.63, 3.8) is 0 Å². The number of H-pyrrole nitrogens is 1. The smallest absolute Gasteiger partial charge is 0.140 e. The number of nitriles is 1. The molecule has 4 nitrogen and oxygen atoms in total. The third-order valence-electron chi connectivity index (χ3n) is 2.67. The molecule has 0 fully saturated rings. The zero-order chi connectivity index (χ0) is 11.7. The first-order valence-corrected chi connectivity index (χ1v) is 5.17. The van der Waals surface area contributed by atoms with E-state index in [4.69, 9.17) is 5.26 Å². The fraction of sp³-hybridized carbons (Fsp3) is 0. The molecule has 0 radical (unpaired) electrons. The van der Waals surface area contributed by atoms with E-state index in [0.717, 1.165) is 22.0 Å². The van der Waals surface area contributed by atoms with Crippen molar-refractivity contribution in [2.75, 3.05) is 0 Å². The van der Waals surface area contributed by atoms with Crippen LogP contribution >= 0.6 is 0 Å². The largest absolute Gasteiger partial charge is 0.278 e. The third kappa shape index (κ3) is 1.54. The van der Waals surface area contributed by atoms with Gasteiger partial charge in [0, 0.05) is 17.1 Å². The van der Waals surface area contributed by atoms with E-state index in [1.165, 1.54) is 0 Å². The molecule has 0 unspecified atom stereocenters. The maximum absolute atomic E-state index is 8.71. The van der Waals surface area contributed by atoms with Gasteiger partial charge in [-0.1, -0.05) is 12.1 Å². The second kappa shape index (κ2) is 3.72. The Kier molecular flexibility index (Phi) is 2.09. The van der Waals surface area contributed by atoms with Crippen LogP contribution in [0.25, 0.3) is 22.0 Å². The molecule has 1 aromatic carbocycles. The van der Waals surface area contributed by atoms with E-state index in [1.807, 2.05) is 30.3 Å². The van der Waals surface area contributed by atoms with Crippen molar-refractivity contribution in [3.05, 3.63) is 48.4 Å². The van der Waals surface area contributed by atoms with Crippen LogP contribution in [0.5, 0.6) is 0 Å². The molecule has 0 saturated carbocycles. The Morgan fingerprint density at radius 3 is 2.82 bits per heavy atom. The summed E-state index contributed by atoms with van der Waals surface area (Å²) in [6.07, 6.45) is 3.50. The summed E-state index contributed by atoms with van der Waals surface area (Å²) in [6.45, 7) is 0. The topological polar surface area (TPSA) is 65.4 Å². The Morgan fingerprint density at radius 1 is 1.12 bits per heavy atom. The van der Waals surface area contributed by atoms with E-state index < -0.39 is 0 Å². The van der Waals surface area contributed by atoms with Crippen LogP contribution < -0.4 is 0 Å². The van der Waals surface area contributed by atoms with Gasteiger partial charge in [-0.15, -0.1) is 0 Å². The highest BCUT2D eigenvalue weighted by molar-refractivity contribution is 5.93. The van der Waals surface area contributed by atoms with Crippen LogP contribution in [0.1, 0.15) is 5.69 Å². The number of aromatic amines is 1. The summed E-state index contributed by atoms with van der Waals surface area (Å²) in [5, 5.41) is 16.7. The van der Waals surface area contributed by atoms with E-state index in [1.54, 1.807) is 18.5 Å². The van der Waals surface area contributed by atoms with Gasteiger partial charge in [0.1, 0.15) is 11.8 Å². The van der Waals surface area contributed by atoms with Crippen LogP contribution in [-0.4, -0.2) is 15.2 Å². The van der Waals surface area contributed by atoms with Crippen LogP contribution in [0.15, 0.2) is 42.7 Å². The van der Waals surface area contributed by atoms with Crippen molar-refractivity contribution in [1.29, 1.82) is 5.26 Å². The first kappa shape index (κ1) is 9.55. The molecule has 2 heterocycles. The summed E-state index contributed by atoms with van der Waals surface area (Å²) in [5.41, 5.74) is 3.46. The van der Waals surface area contributed by atoms with Crippen molar-refractivity contribution >= 4 is 10.9 Å². The molecule has 0 saturated heterocycles. The summed E-state index contributed by atoms with van der Waals surface area (Å²) >= 11 is 0. The maximum atomic E-state index is 8.71. The van der Waals surface area contributed by atoms with Crippen LogP contribution in [0.3, 0.4) is 0 Å². The molecule has 3 aromatic rings. The lowest BCUT2D eigenvalue weighted by Crippen LogP contribution is -1.84. The first-order chi connectivity index (χ1) is 8.38. The summed E-state index contributed by atoms with van der Waals surface area (Å²) in [6, 6.07) is 11.6. The van der Waals surface area contributed by atoms with Crippen molar-refractivity contribution in [2.45, 2.75) is 0 Å². The van der Waals surface area contributed by atoms with Crippen LogP contribution in [0.2, 0.25) is 0 Å². The lowest BCUT2D eigenvalue weighted by molar-refractivity contribution is 1.12. The van der Waals surface area contributed by atoms with E-state index in [-0.39, 0.29) is 0 Å². The molecule has 4 heteroatoms. The quantitative estimate of drug-likeness (QED) is 0.685. The number of fused-ring (bicyclic) bond motifs is 1. The number of rotatable bonds is 1. The predicted octanol–water partition coefficient (Wildman–Crippen LogP) is 2.50. The Labute approximate surface area is 97.5 Å². The lowest BCUT2D eigenvalue weighted by atomic mass is 10.0. The van der Waals surface area contributed by atoms with Gasteiger partial charge in [-0.2, -0.15) is 10.4 Å². The summed E-state index contributed by atoms with van der Waals surface area (Å²) in [7, 11) is 0. The standard InChI is InChI=1S/C13H8N4/c14-6-10-5-4-9(7-15-10)11-2-1-3-13-12(11)8-16-17-13/h1-5,7-8H,(H,16,17). The van der Waals surface area contributed by atoms with E-state index in [0.29, 0.717) is 5.69 Å². The summed E-state index contributed by atoms with van der Waals surface area (Å²) < 4.78 is 0. The lowest BCUT2D eigenvalue weighted by Gasteiger charge is -2.02. The zero-order valence-electron chi connectivity index (χ0n) is 8.88. The van der Waals surface area contributed by atoms with Crippen LogP contribution in [-0.2, 0) is 0 Å². The number of aromatic nitrogens is 3. The summed E-state index contributed by atoms with van der Waals surface area (Å²) in [5.74, 6) is 0. The number of nitrogens with zero attached hydrogens (tertiary/aromatic N) is 3. The number of hydrogen-bond acceptors (Lipinski definition) is 3. The SMILES string of the molecule is N#Cc1ccc(-c2cccc3[nH]ncc23)cn1. The van der Waals surface area contributed by atoms with Crippen molar-refractivity contribution in [1.82, 2.24) is 15.2 Å². The van der Waals surface area contributed by atoms with Gasteiger partial charge >= 0.3 is 0 Å². The first-order valence-electron chi connectivity index (χ1n) is 5.17. The predicted molar refractivity (Wildman–Crippen MR) is 64.0 cm³/mol. The second-order valence-electron chi connectivity index (χ2n) is 3.68. The average Bonchev–Trinajstić information content (AvgIpc) is 2.87. The molecule has 1 N–H and O–H groups in total. The molecule has 2 aromatic heterocycles. The van der Waals surface area contributed by atoms with Crippen molar-refractivity contribution < 1.29 is 0 Å². The van der Waals surface area contributed by atoms with Gasteiger partial charge < -0.3 is 0 Å². The molecule has 0 aliphatic rings. The minimum absolute atomic E-state index is 0.424. The third-order valence-corrected chi connectivity index (χ3v) is 2.67. The molecule has 0 aliphatic carbocycles. The Bertz CT molecular complexity index is 704. The van der Waals surface area contributed by atoms with Crippen molar-refractivity contribution in [2.24, 2.45) is 0 Å². The highest BCUT2D eigenvalue weighted by atomic mass is 15.1. The molecular formula is C13H8N4. The van der Waals surface area contributed by atoms with Gasteiger partial charge in [-0.25, -0.2) is 4.98 Å². The molecule has 0 atom stereocenters. The Balaban J connectivity index is 2.20. The summed E-state index contributed by atoms with van der Waals surface area (Å²) in [4.78, 5) is 4.07. The van der Waals surface area contributed by atoms with Gasteiger partial charge in [0.05, 0.1) is 11.7 Å². The number of hydrogen-bond donors (Lipinski definition) is 1. The molecule has 0 aliphatic heterocycles. The maximum Gasteiger partial charge on any atom is 0.140 e. The molecule has 17 heavy (non-hydrogen) atoms. The normalized spacial score (nSPS) is 10.3. The van der Waals surface area contributed by atoms with Gasteiger partial charge in [0.25, 0.3) is 0 Å². The zero-order valence-corrected chi connectivity index (χ0v) is 8.88. The second-order valence-corrected chi connectivity index (χ2v) is 3.68. The van der Waals surface area contributed by atoms with Gasteiger partial charge in [0.2, 0.25) is 0 Å². The minimum Gasteiger partial charge on any atom is -0.278 e. The average molecular weight is 220 g/mol. The molecule has 0 amide bonds. The van der Waals surface area contributed by atoms with Crippen molar-refractivity contribution in [3.8, 4) is 17.2 Å². The molecule has 0 spiro atoms. The Hall–Kier alpha value is -2.67. The number of pyridine rings is 1. The monoisotopic (exact) mass is 220 g/mol. The van der Waals surface area contributed by atoms with Crippen LogP contribution in [0, 0.1) is 11.3 Å². The molecule has 0 bridgehead atoms. The van der Waals surface area contributed by atoms with Gasteiger partial charge in [-0.05, 0) is 23.8 Å². The fourth-order valence-corrected chi connectivity index (χ4v) is 1.84. The number of nitrogens with one attached hydrogen (secondary N) is 1. The fourth-order valence-electron chi connectivity index (χ4n) is 1.84. The van der Waals surface area contributed by atoms with E-state index in [9.17, 15) is 0 Å². The molecule has 80 valence electrons. The minimum atomic E-state index is 0.424. The van der Waals surface area contributed by atoms with Crippen LogP contribution in [0.4, 0.5) is 0 Å². The molecule has 3 rings (SSSR count). The highest BCUT2D eigenvalue weighted by Crippen LogP contribution is 2.26. The van der Waals surface area contributed by atoms with E-state index >= 15 is 0 Å². The molecular weight excluding hydrogens is 212 g/mol. The van der Waals surface area contributed by atoms with Gasteiger partial charge in [0.15, 0.2) is 0 Å². The Morgan fingerprint density at radius 2 is 2.06 bits per heavy atom. The number of benzene rings is 1. The van der Waals surface area contributed by atoms with E-state index in [2.05, 4.69) is 15.2 Å². The highest BCUT2D eigenvalue weighted by Gasteiger charge is 2.05. The van der Waals surface area contributed by atoms with Gasteiger partial charge in [-0.3, -0.25) is 5.10 Å².